The second-order valence-electron chi connectivity index (χ2n) is 8.62. The minimum Gasteiger partial charge on any atom is -0.393 e. The van der Waals surface area contributed by atoms with Crippen LogP contribution < -0.4 is 5.73 Å². The maximum Gasteiger partial charge on any atom is 0.319 e. The molecule has 0 bridgehead atoms. The molecule has 3 N–H and O–H groups in total. The van der Waals surface area contributed by atoms with Crippen LogP contribution in [-0.4, -0.2) is 46.8 Å². The summed E-state index contributed by atoms with van der Waals surface area (Å²) in [6.45, 7) is 9.62. The van der Waals surface area contributed by atoms with E-state index in [-0.39, 0.29) is 23.5 Å². The highest BCUT2D eigenvalue weighted by Crippen LogP contribution is 2.39. The molecule has 0 radical (unpaired) electrons. The van der Waals surface area contributed by atoms with Gasteiger partial charge in [-0.1, -0.05) is 6.92 Å². The quantitative estimate of drug-likeness (QED) is 0.787. The summed E-state index contributed by atoms with van der Waals surface area (Å²) in [7, 11) is 0. The SMILES string of the molecule is CCC(O)C1CC(N)C[N+](C(=O)C(C)(C)C)(C2CCCC2)C1. The summed E-state index contributed by atoms with van der Waals surface area (Å²) in [6.07, 6.45) is 5.95. The largest absolute Gasteiger partial charge is 0.393 e. The molecule has 0 spiro atoms. The minimum atomic E-state index is -0.360. The van der Waals surface area contributed by atoms with E-state index in [0.717, 1.165) is 38.8 Å². The van der Waals surface area contributed by atoms with Gasteiger partial charge in [0.2, 0.25) is 0 Å². The first-order valence-corrected chi connectivity index (χ1v) is 9.06. The van der Waals surface area contributed by atoms with Crippen LogP contribution in [0.4, 0.5) is 0 Å². The number of likely N-dealkylation sites (tertiary alicyclic amines) is 1. The van der Waals surface area contributed by atoms with Gasteiger partial charge in [0.15, 0.2) is 0 Å². The van der Waals surface area contributed by atoms with Gasteiger partial charge in [-0.3, -0.25) is 4.48 Å². The van der Waals surface area contributed by atoms with Gasteiger partial charge in [-0.15, -0.1) is 0 Å². The average molecular weight is 311 g/mol. The number of hydrogen-bond donors (Lipinski definition) is 2. The van der Waals surface area contributed by atoms with Gasteiger partial charge in [0.05, 0.1) is 30.1 Å². The highest BCUT2D eigenvalue weighted by molar-refractivity contribution is 5.75. The lowest BCUT2D eigenvalue weighted by Crippen LogP contribution is -2.70. The summed E-state index contributed by atoms with van der Waals surface area (Å²) in [5.74, 6) is 0.475. The van der Waals surface area contributed by atoms with Gasteiger partial charge in [-0.2, -0.15) is 0 Å². The Kier molecular flexibility index (Phi) is 5.35. The fraction of sp³-hybridized carbons (Fsp3) is 0.944. The summed E-state index contributed by atoms with van der Waals surface area (Å²) < 4.78 is 0.520. The topological polar surface area (TPSA) is 63.3 Å². The van der Waals surface area contributed by atoms with Gasteiger partial charge < -0.3 is 10.8 Å². The van der Waals surface area contributed by atoms with Crippen molar-refractivity contribution in [3.8, 4) is 0 Å². The smallest absolute Gasteiger partial charge is 0.319 e. The molecule has 4 nitrogen and oxygen atoms in total. The van der Waals surface area contributed by atoms with Gasteiger partial charge in [0.1, 0.15) is 6.54 Å². The van der Waals surface area contributed by atoms with E-state index < -0.39 is 0 Å². The highest BCUT2D eigenvalue weighted by atomic mass is 16.3. The molecule has 1 heterocycles. The second-order valence-corrected chi connectivity index (χ2v) is 8.62. The summed E-state index contributed by atoms with van der Waals surface area (Å²) in [5.41, 5.74) is 6.00. The monoisotopic (exact) mass is 311 g/mol. The highest BCUT2D eigenvalue weighted by Gasteiger charge is 2.54. The predicted octanol–water partition coefficient (Wildman–Crippen LogP) is 2.44. The van der Waals surface area contributed by atoms with Crippen LogP contribution in [0.1, 0.15) is 66.2 Å². The molecule has 2 fully saturated rings. The molecule has 1 saturated heterocycles. The lowest BCUT2D eigenvalue weighted by molar-refractivity contribution is -0.891. The van der Waals surface area contributed by atoms with Crippen LogP contribution in [0.25, 0.3) is 0 Å². The number of rotatable bonds is 3. The maximum atomic E-state index is 13.4. The first-order valence-electron chi connectivity index (χ1n) is 9.06. The number of hydrogen-bond acceptors (Lipinski definition) is 3. The van der Waals surface area contributed by atoms with Crippen LogP contribution in [0.3, 0.4) is 0 Å². The van der Waals surface area contributed by atoms with E-state index in [2.05, 4.69) is 0 Å². The standard InChI is InChI=1S/C18H35N2O2/c1-5-16(21)13-10-14(19)12-20(11-13,15-8-6-7-9-15)17(22)18(2,3)4/h13-16,21H,5-12,19H2,1-4H3/q+1. The third-order valence-corrected chi connectivity index (χ3v) is 5.76. The Balaban J connectivity index is 2.36. The Bertz CT molecular complexity index is 398. The zero-order chi connectivity index (χ0) is 16.5. The van der Waals surface area contributed by atoms with Crippen LogP contribution in [0, 0.1) is 11.3 Å². The molecule has 0 aromatic rings. The van der Waals surface area contributed by atoms with Gasteiger partial charge in [0, 0.05) is 5.92 Å². The van der Waals surface area contributed by atoms with Crippen molar-refractivity contribution in [1.29, 1.82) is 0 Å². The van der Waals surface area contributed by atoms with E-state index in [4.69, 9.17) is 5.73 Å². The summed E-state index contributed by atoms with van der Waals surface area (Å²) >= 11 is 0. The Morgan fingerprint density at radius 3 is 2.36 bits per heavy atom. The number of piperidine rings is 1. The molecule has 0 aromatic heterocycles. The first-order chi connectivity index (χ1) is 10.2. The van der Waals surface area contributed by atoms with Crippen LogP contribution in [0.15, 0.2) is 0 Å². The molecule has 2 rings (SSSR count). The molecule has 1 amide bonds. The molecule has 4 heteroatoms. The van der Waals surface area contributed by atoms with E-state index in [0.29, 0.717) is 16.4 Å². The van der Waals surface area contributed by atoms with E-state index in [9.17, 15) is 9.90 Å². The van der Waals surface area contributed by atoms with Gasteiger partial charge in [0.25, 0.3) is 0 Å². The number of amides is 1. The minimum absolute atomic E-state index is 0.0202. The number of nitrogens with zero attached hydrogens (tertiary/aromatic N) is 1. The predicted molar refractivity (Wildman–Crippen MR) is 89.1 cm³/mol. The van der Waals surface area contributed by atoms with Gasteiger partial charge in [-0.05, 0) is 59.3 Å². The first kappa shape index (κ1) is 17.9. The molecular formula is C18H35N2O2+. The van der Waals surface area contributed by atoms with E-state index in [1.54, 1.807) is 0 Å². The van der Waals surface area contributed by atoms with Crippen LogP contribution in [0.5, 0.6) is 0 Å². The third kappa shape index (κ3) is 3.39. The van der Waals surface area contributed by atoms with Crippen molar-refractivity contribution in [2.24, 2.45) is 17.1 Å². The summed E-state index contributed by atoms with van der Waals surface area (Å²) in [6, 6.07) is 0.427. The maximum absolute atomic E-state index is 13.4. The second kappa shape index (κ2) is 6.58. The number of aliphatic hydroxyl groups is 1. The summed E-state index contributed by atoms with van der Waals surface area (Å²) in [4.78, 5) is 13.4. The van der Waals surface area contributed by atoms with Crippen molar-refractivity contribution in [2.75, 3.05) is 13.1 Å². The fourth-order valence-electron chi connectivity index (χ4n) is 4.76. The van der Waals surface area contributed by atoms with Crippen molar-refractivity contribution in [3.63, 3.8) is 0 Å². The fourth-order valence-corrected chi connectivity index (χ4v) is 4.76. The summed E-state index contributed by atoms with van der Waals surface area (Å²) in [5, 5.41) is 10.4. The molecular weight excluding hydrogens is 276 g/mol. The molecule has 1 aliphatic carbocycles. The average Bonchev–Trinajstić information content (AvgIpc) is 2.98. The van der Waals surface area contributed by atoms with Crippen LogP contribution >= 0.6 is 0 Å². The van der Waals surface area contributed by atoms with E-state index in [1.807, 2.05) is 27.7 Å². The van der Waals surface area contributed by atoms with Crippen molar-refractivity contribution >= 4 is 5.91 Å². The molecule has 128 valence electrons. The molecule has 1 aliphatic heterocycles. The molecule has 22 heavy (non-hydrogen) atoms. The third-order valence-electron chi connectivity index (χ3n) is 5.76. The molecule has 2 aliphatic rings. The van der Waals surface area contributed by atoms with Crippen molar-refractivity contribution in [2.45, 2.75) is 84.4 Å². The molecule has 4 unspecified atom stereocenters. The van der Waals surface area contributed by atoms with Gasteiger partial charge >= 0.3 is 5.91 Å². The van der Waals surface area contributed by atoms with E-state index in [1.165, 1.54) is 12.8 Å². The number of nitrogens with two attached hydrogens (primary N) is 1. The molecule has 4 atom stereocenters. The van der Waals surface area contributed by atoms with Crippen molar-refractivity contribution in [1.82, 2.24) is 0 Å². The van der Waals surface area contributed by atoms with Crippen LogP contribution in [-0.2, 0) is 4.79 Å². The number of aliphatic hydroxyl groups excluding tert-OH is 1. The number of carbonyl (C=O) groups excluding carboxylic acids is 1. The van der Waals surface area contributed by atoms with Crippen molar-refractivity contribution < 1.29 is 14.4 Å². The lowest BCUT2D eigenvalue weighted by atomic mass is 9.82. The van der Waals surface area contributed by atoms with Crippen LogP contribution in [0.2, 0.25) is 0 Å². The number of carbonyl (C=O) groups is 1. The van der Waals surface area contributed by atoms with Gasteiger partial charge in [-0.25, -0.2) is 4.79 Å². The Morgan fingerprint density at radius 2 is 1.86 bits per heavy atom. The Morgan fingerprint density at radius 1 is 1.27 bits per heavy atom. The Hall–Kier alpha value is -0.450. The normalized spacial score (nSPS) is 35.5. The molecule has 1 saturated carbocycles. The lowest BCUT2D eigenvalue weighted by Gasteiger charge is -2.51. The number of quaternary nitrogens is 1. The zero-order valence-corrected chi connectivity index (χ0v) is 14.8. The Labute approximate surface area is 135 Å². The zero-order valence-electron chi connectivity index (χ0n) is 14.8. The molecule has 0 aromatic carbocycles. The van der Waals surface area contributed by atoms with Crippen molar-refractivity contribution in [3.05, 3.63) is 0 Å². The van der Waals surface area contributed by atoms with E-state index >= 15 is 0 Å².